The highest BCUT2D eigenvalue weighted by atomic mass is 35.5. The van der Waals surface area contributed by atoms with Crippen molar-refractivity contribution >= 4 is 40.5 Å². The monoisotopic (exact) mass is 411 g/mol. The molecule has 0 aliphatic rings. The molecule has 0 amide bonds. The summed E-state index contributed by atoms with van der Waals surface area (Å²) in [5.74, 6) is 1.04. The van der Waals surface area contributed by atoms with Crippen LogP contribution >= 0.6 is 34.5 Å². The number of halogens is 2. The van der Waals surface area contributed by atoms with Crippen LogP contribution in [0.3, 0.4) is 0 Å². The van der Waals surface area contributed by atoms with Crippen LogP contribution in [-0.4, -0.2) is 24.7 Å². The molecule has 5 nitrogen and oxygen atoms in total. The Labute approximate surface area is 164 Å². The van der Waals surface area contributed by atoms with Gasteiger partial charge < -0.3 is 13.9 Å². The minimum absolute atomic E-state index is 0.00603. The number of aromatic nitrogens is 1. The lowest BCUT2D eigenvalue weighted by atomic mass is 10.2. The molecule has 3 aromatic rings. The van der Waals surface area contributed by atoms with E-state index in [1.165, 1.54) is 11.3 Å². The summed E-state index contributed by atoms with van der Waals surface area (Å²) in [5.41, 5.74) is 1.17. The van der Waals surface area contributed by atoms with Gasteiger partial charge in [0.25, 0.3) is 0 Å². The third kappa shape index (κ3) is 4.03. The fraction of sp³-hybridized carbons (Fsp3) is 0.222. The molecule has 0 radical (unpaired) electrons. The average molecular weight is 412 g/mol. The third-order valence-electron chi connectivity index (χ3n) is 3.51. The van der Waals surface area contributed by atoms with Gasteiger partial charge in [0.15, 0.2) is 5.76 Å². The zero-order valence-electron chi connectivity index (χ0n) is 14.0. The summed E-state index contributed by atoms with van der Waals surface area (Å²) in [4.78, 5) is 17.2. The zero-order valence-corrected chi connectivity index (χ0v) is 16.4. The van der Waals surface area contributed by atoms with Crippen LogP contribution in [0.5, 0.6) is 5.75 Å². The Balaban J connectivity index is 2.03. The van der Waals surface area contributed by atoms with E-state index in [0.29, 0.717) is 44.6 Å². The Morgan fingerprint density at radius 1 is 1.27 bits per heavy atom. The number of benzene rings is 1. The Morgan fingerprint density at radius 2 is 2.08 bits per heavy atom. The van der Waals surface area contributed by atoms with Crippen LogP contribution in [0.25, 0.3) is 22.1 Å². The molecule has 8 heteroatoms. The molecule has 0 bridgehead atoms. The lowest BCUT2D eigenvalue weighted by molar-refractivity contribution is -0.142. The van der Waals surface area contributed by atoms with Gasteiger partial charge in [0, 0.05) is 5.56 Å². The Bertz CT molecular complexity index is 935. The van der Waals surface area contributed by atoms with Crippen LogP contribution < -0.4 is 4.74 Å². The molecule has 0 aliphatic heterocycles. The van der Waals surface area contributed by atoms with Crippen molar-refractivity contribution in [3.05, 3.63) is 45.4 Å². The first-order valence-electron chi connectivity index (χ1n) is 7.76. The molecule has 0 aliphatic carbocycles. The SMILES string of the molecule is CCOC(=O)Cc1nc(-c2ccc(OC)c(Cl)c2)oc1-c1ccc(Cl)s1. The molecule has 0 N–H and O–H groups in total. The molecule has 0 saturated heterocycles. The molecule has 2 heterocycles. The number of thiophene rings is 1. The number of hydrogen-bond acceptors (Lipinski definition) is 6. The standard InChI is InChI=1S/C18H15Cl2NO4S/c1-3-24-16(22)9-12-17(14-6-7-15(20)26-14)25-18(21-12)10-4-5-13(23-2)11(19)8-10/h4-8H,3,9H2,1-2H3. The molecule has 2 aromatic heterocycles. The van der Waals surface area contributed by atoms with Crippen LogP contribution in [0.2, 0.25) is 9.36 Å². The molecule has 1 aromatic carbocycles. The average Bonchev–Trinajstić information content (AvgIpc) is 3.21. The first-order valence-corrected chi connectivity index (χ1v) is 9.34. The summed E-state index contributed by atoms with van der Waals surface area (Å²) in [6.07, 6.45) is 0.00603. The van der Waals surface area contributed by atoms with Crippen molar-refractivity contribution in [3.8, 4) is 27.8 Å². The van der Waals surface area contributed by atoms with Crippen LogP contribution in [0.4, 0.5) is 0 Å². The second kappa shape index (κ2) is 8.12. The van der Waals surface area contributed by atoms with Gasteiger partial charge in [-0.25, -0.2) is 4.98 Å². The molecular weight excluding hydrogens is 397 g/mol. The van der Waals surface area contributed by atoms with Gasteiger partial charge in [-0.15, -0.1) is 11.3 Å². The lowest BCUT2D eigenvalue weighted by Crippen LogP contribution is -2.08. The number of ether oxygens (including phenoxy) is 2. The smallest absolute Gasteiger partial charge is 0.312 e. The van der Waals surface area contributed by atoms with Crippen LogP contribution in [-0.2, 0) is 16.0 Å². The quantitative estimate of drug-likeness (QED) is 0.501. The topological polar surface area (TPSA) is 61.6 Å². The van der Waals surface area contributed by atoms with Crippen molar-refractivity contribution in [1.29, 1.82) is 0 Å². The van der Waals surface area contributed by atoms with E-state index in [9.17, 15) is 4.79 Å². The number of rotatable bonds is 6. The fourth-order valence-corrected chi connectivity index (χ4v) is 3.68. The highest BCUT2D eigenvalue weighted by Gasteiger charge is 2.21. The van der Waals surface area contributed by atoms with Crippen LogP contribution in [0.1, 0.15) is 12.6 Å². The van der Waals surface area contributed by atoms with Gasteiger partial charge in [0.2, 0.25) is 5.89 Å². The van der Waals surface area contributed by atoms with Gasteiger partial charge in [0.05, 0.1) is 40.1 Å². The van der Waals surface area contributed by atoms with Crippen molar-refractivity contribution in [3.63, 3.8) is 0 Å². The Hall–Kier alpha value is -2.02. The van der Waals surface area contributed by atoms with Gasteiger partial charge in [-0.3, -0.25) is 4.79 Å². The van der Waals surface area contributed by atoms with Gasteiger partial charge in [-0.1, -0.05) is 23.2 Å². The molecule has 0 atom stereocenters. The second-order valence-corrected chi connectivity index (χ2v) is 7.35. The van der Waals surface area contributed by atoms with Crippen molar-refractivity contribution in [1.82, 2.24) is 4.98 Å². The predicted molar refractivity (Wildman–Crippen MR) is 102 cm³/mol. The number of esters is 1. The van der Waals surface area contributed by atoms with Gasteiger partial charge >= 0.3 is 5.97 Å². The Morgan fingerprint density at radius 3 is 2.69 bits per heavy atom. The summed E-state index contributed by atoms with van der Waals surface area (Å²) >= 11 is 13.6. The fourth-order valence-electron chi connectivity index (χ4n) is 2.37. The number of methoxy groups -OCH3 is 1. The largest absolute Gasteiger partial charge is 0.495 e. The predicted octanol–water partition coefficient (Wildman–Crippen LogP) is 5.49. The van der Waals surface area contributed by atoms with Crippen LogP contribution in [0, 0.1) is 0 Å². The zero-order chi connectivity index (χ0) is 18.7. The van der Waals surface area contributed by atoms with Crippen LogP contribution in [0.15, 0.2) is 34.7 Å². The second-order valence-electron chi connectivity index (χ2n) is 5.23. The van der Waals surface area contributed by atoms with E-state index in [-0.39, 0.29) is 12.4 Å². The summed E-state index contributed by atoms with van der Waals surface area (Å²) in [6, 6.07) is 8.81. The van der Waals surface area contributed by atoms with Gasteiger partial charge in [-0.05, 0) is 37.3 Å². The number of carbonyl (C=O) groups is 1. The van der Waals surface area contributed by atoms with Crippen molar-refractivity contribution < 1.29 is 18.7 Å². The number of carbonyl (C=O) groups excluding carboxylic acids is 1. The van der Waals surface area contributed by atoms with Crippen molar-refractivity contribution in [2.75, 3.05) is 13.7 Å². The maximum atomic E-state index is 11.9. The number of nitrogens with zero attached hydrogens (tertiary/aromatic N) is 1. The lowest BCUT2D eigenvalue weighted by Gasteiger charge is -2.03. The molecule has 26 heavy (non-hydrogen) atoms. The van der Waals surface area contributed by atoms with Crippen molar-refractivity contribution in [2.45, 2.75) is 13.3 Å². The van der Waals surface area contributed by atoms with E-state index >= 15 is 0 Å². The maximum Gasteiger partial charge on any atom is 0.312 e. The molecule has 3 rings (SSSR count). The minimum Gasteiger partial charge on any atom is -0.495 e. The molecule has 0 spiro atoms. The van der Waals surface area contributed by atoms with Gasteiger partial charge in [-0.2, -0.15) is 0 Å². The molecule has 0 fully saturated rings. The molecule has 0 saturated carbocycles. The summed E-state index contributed by atoms with van der Waals surface area (Å²) < 4.78 is 16.7. The normalized spacial score (nSPS) is 10.8. The summed E-state index contributed by atoms with van der Waals surface area (Å²) in [6.45, 7) is 2.06. The molecule has 136 valence electrons. The highest BCUT2D eigenvalue weighted by molar-refractivity contribution is 7.19. The first-order chi connectivity index (χ1) is 12.5. The highest BCUT2D eigenvalue weighted by Crippen LogP contribution is 2.37. The summed E-state index contributed by atoms with van der Waals surface area (Å²) in [7, 11) is 1.54. The molecular formula is C18H15Cl2NO4S. The maximum absolute atomic E-state index is 11.9. The van der Waals surface area contributed by atoms with E-state index in [4.69, 9.17) is 37.1 Å². The van der Waals surface area contributed by atoms with Gasteiger partial charge in [0.1, 0.15) is 5.75 Å². The third-order valence-corrected chi connectivity index (χ3v) is 5.04. The van der Waals surface area contributed by atoms with E-state index in [0.717, 1.165) is 4.88 Å². The first kappa shape index (κ1) is 18.8. The number of oxazole rings is 1. The van der Waals surface area contributed by atoms with E-state index in [1.54, 1.807) is 38.3 Å². The van der Waals surface area contributed by atoms with E-state index < -0.39 is 0 Å². The van der Waals surface area contributed by atoms with E-state index in [1.807, 2.05) is 6.07 Å². The summed E-state index contributed by atoms with van der Waals surface area (Å²) in [5, 5.41) is 0.441. The Kier molecular flexibility index (Phi) is 5.86. The molecule has 0 unspecified atom stereocenters. The van der Waals surface area contributed by atoms with Crippen molar-refractivity contribution in [2.24, 2.45) is 0 Å². The number of hydrogen-bond donors (Lipinski definition) is 0. The van der Waals surface area contributed by atoms with E-state index in [2.05, 4.69) is 4.98 Å². The minimum atomic E-state index is -0.371.